The van der Waals surface area contributed by atoms with E-state index in [-0.39, 0.29) is 0 Å². The second-order valence-corrected chi connectivity index (χ2v) is 7.39. The number of rotatable bonds is 6. The molecule has 0 radical (unpaired) electrons. The van der Waals surface area contributed by atoms with Crippen molar-refractivity contribution in [3.8, 4) is 6.07 Å². The Balaban J connectivity index is 1.47. The summed E-state index contributed by atoms with van der Waals surface area (Å²) in [7, 11) is 0. The summed E-state index contributed by atoms with van der Waals surface area (Å²) in [4.78, 5) is 2.38. The Kier molecular flexibility index (Phi) is 4.96. The van der Waals surface area contributed by atoms with Crippen molar-refractivity contribution < 1.29 is 0 Å². The van der Waals surface area contributed by atoms with Crippen molar-refractivity contribution in [3.05, 3.63) is 0 Å². The lowest BCUT2D eigenvalue weighted by Gasteiger charge is -2.37. The van der Waals surface area contributed by atoms with E-state index in [2.05, 4.69) is 16.3 Å². The summed E-state index contributed by atoms with van der Waals surface area (Å²) in [6.45, 7) is 4.07. The van der Waals surface area contributed by atoms with Crippen LogP contribution in [0.3, 0.4) is 0 Å². The molecule has 0 amide bonds. The number of hydrogen-bond donors (Lipinski definition) is 1. The summed E-state index contributed by atoms with van der Waals surface area (Å²) in [5.41, 5.74) is 0. The average molecular weight is 275 g/mol. The van der Waals surface area contributed by atoms with Crippen LogP contribution < -0.4 is 5.32 Å². The van der Waals surface area contributed by atoms with E-state index in [9.17, 15) is 0 Å². The lowest BCUT2D eigenvalue weighted by atomic mass is 9.89. The molecule has 1 heterocycles. The Hall–Kier alpha value is -0.590. The van der Waals surface area contributed by atoms with Crippen LogP contribution in [-0.2, 0) is 0 Å². The van der Waals surface area contributed by atoms with Crippen LogP contribution in [0.25, 0.3) is 0 Å². The van der Waals surface area contributed by atoms with E-state index in [0.717, 1.165) is 30.8 Å². The Labute approximate surface area is 123 Å². The first-order valence-corrected chi connectivity index (χ1v) is 8.66. The third-order valence-electron chi connectivity index (χ3n) is 5.44. The molecule has 2 aliphatic carbocycles. The Morgan fingerprint density at radius 1 is 1.00 bits per heavy atom. The standard InChI is InChI=1S/C17H29N3/c18-7-8-20-12-16(9-14-5-6-14)10-17(13-20)19-11-15-3-1-2-4-15/h14-17,19H,1-6,8-13H2. The third kappa shape index (κ3) is 4.20. The van der Waals surface area contributed by atoms with Gasteiger partial charge in [0.15, 0.2) is 0 Å². The number of nitrogens with zero attached hydrogens (tertiary/aromatic N) is 2. The summed E-state index contributed by atoms with van der Waals surface area (Å²) in [6.07, 6.45) is 11.4. The van der Waals surface area contributed by atoms with Gasteiger partial charge in [0.2, 0.25) is 0 Å². The molecule has 0 aromatic carbocycles. The molecule has 2 atom stereocenters. The molecule has 0 aromatic heterocycles. The van der Waals surface area contributed by atoms with E-state index in [4.69, 9.17) is 5.26 Å². The van der Waals surface area contributed by atoms with Gasteiger partial charge in [0.25, 0.3) is 0 Å². The van der Waals surface area contributed by atoms with E-state index < -0.39 is 0 Å². The maximum absolute atomic E-state index is 8.98. The summed E-state index contributed by atoms with van der Waals surface area (Å²) in [5.74, 6) is 2.76. The van der Waals surface area contributed by atoms with Crippen LogP contribution in [0, 0.1) is 29.1 Å². The van der Waals surface area contributed by atoms with Gasteiger partial charge in [-0.25, -0.2) is 0 Å². The largest absolute Gasteiger partial charge is 0.312 e. The fourth-order valence-electron chi connectivity index (χ4n) is 4.22. The SMILES string of the molecule is N#CCN1CC(CC2CC2)CC(NCC2CCCC2)C1. The first-order valence-electron chi connectivity index (χ1n) is 8.66. The van der Waals surface area contributed by atoms with Crippen molar-refractivity contribution in [3.63, 3.8) is 0 Å². The molecule has 3 heteroatoms. The topological polar surface area (TPSA) is 39.1 Å². The number of hydrogen-bond acceptors (Lipinski definition) is 3. The highest BCUT2D eigenvalue weighted by Gasteiger charge is 2.32. The second kappa shape index (κ2) is 6.91. The quantitative estimate of drug-likeness (QED) is 0.758. The van der Waals surface area contributed by atoms with Crippen LogP contribution in [0.5, 0.6) is 0 Å². The minimum Gasteiger partial charge on any atom is -0.312 e. The maximum atomic E-state index is 8.98. The summed E-state index contributed by atoms with van der Waals surface area (Å²) in [6, 6.07) is 2.97. The first-order chi connectivity index (χ1) is 9.83. The average Bonchev–Trinajstić information content (AvgIpc) is 3.09. The van der Waals surface area contributed by atoms with Gasteiger partial charge in [-0.1, -0.05) is 25.7 Å². The Morgan fingerprint density at radius 2 is 1.80 bits per heavy atom. The smallest absolute Gasteiger partial charge is 0.0866 e. The van der Waals surface area contributed by atoms with Crippen molar-refractivity contribution >= 4 is 0 Å². The van der Waals surface area contributed by atoms with E-state index in [1.807, 2.05) is 0 Å². The predicted molar refractivity (Wildman–Crippen MR) is 81.2 cm³/mol. The molecule has 0 spiro atoms. The maximum Gasteiger partial charge on any atom is 0.0866 e. The van der Waals surface area contributed by atoms with Crippen LogP contribution in [0.15, 0.2) is 0 Å². The number of piperidine rings is 1. The first kappa shape index (κ1) is 14.4. The molecule has 0 bridgehead atoms. The molecule has 3 nitrogen and oxygen atoms in total. The summed E-state index contributed by atoms with van der Waals surface area (Å²) >= 11 is 0. The minimum absolute atomic E-state index is 0.614. The van der Waals surface area contributed by atoms with Gasteiger partial charge in [0, 0.05) is 19.1 Å². The molecule has 1 saturated heterocycles. The highest BCUT2D eigenvalue weighted by atomic mass is 15.2. The predicted octanol–water partition coefficient (Wildman–Crippen LogP) is 2.78. The molecule has 3 aliphatic rings. The molecule has 2 unspecified atom stereocenters. The lowest BCUT2D eigenvalue weighted by molar-refractivity contribution is 0.144. The van der Waals surface area contributed by atoms with Crippen molar-refractivity contribution in [1.29, 1.82) is 5.26 Å². The third-order valence-corrected chi connectivity index (χ3v) is 5.44. The van der Waals surface area contributed by atoms with Gasteiger partial charge in [-0.15, -0.1) is 0 Å². The molecule has 0 aromatic rings. The van der Waals surface area contributed by atoms with Gasteiger partial charge in [-0.3, -0.25) is 4.90 Å². The molecule has 1 N–H and O–H groups in total. The highest BCUT2D eigenvalue weighted by molar-refractivity contribution is 4.90. The fraction of sp³-hybridized carbons (Fsp3) is 0.941. The Morgan fingerprint density at radius 3 is 2.50 bits per heavy atom. The van der Waals surface area contributed by atoms with Gasteiger partial charge in [-0.05, 0) is 50.0 Å². The molecule has 3 rings (SSSR count). The second-order valence-electron chi connectivity index (χ2n) is 7.39. The van der Waals surface area contributed by atoms with Crippen molar-refractivity contribution in [2.75, 3.05) is 26.2 Å². The molecule has 1 aliphatic heterocycles. The molecule has 112 valence electrons. The van der Waals surface area contributed by atoms with Crippen LogP contribution in [0.4, 0.5) is 0 Å². The number of likely N-dealkylation sites (tertiary alicyclic amines) is 1. The van der Waals surface area contributed by atoms with Crippen LogP contribution in [-0.4, -0.2) is 37.1 Å². The van der Waals surface area contributed by atoms with E-state index >= 15 is 0 Å². The zero-order valence-corrected chi connectivity index (χ0v) is 12.7. The summed E-state index contributed by atoms with van der Waals surface area (Å²) < 4.78 is 0. The van der Waals surface area contributed by atoms with Gasteiger partial charge in [0.05, 0.1) is 12.6 Å². The fourth-order valence-corrected chi connectivity index (χ4v) is 4.22. The van der Waals surface area contributed by atoms with Crippen LogP contribution in [0.1, 0.15) is 51.4 Å². The number of nitriles is 1. The zero-order valence-electron chi connectivity index (χ0n) is 12.7. The van der Waals surface area contributed by atoms with Gasteiger partial charge >= 0.3 is 0 Å². The zero-order chi connectivity index (χ0) is 13.8. The Bertz CT molecular complexity index is 339. The minimum atomic E-state index is 0.614. The molecule has 2 saturated carbocycles. The lowest BCUT2D eigenvalue weighted by Crippen LogP contribution is -2.50. The normalized spacial score (nSPS) is 32.4. The van der Waals surface area contributed by atoms with Gasteiger partial charge in [0.1, 0.15) is 0 Å². The van der Waals surface area contributed by atoms with E-state index in [1.54, 1.807) is 0 Å². The van der Waals surface area contributed by atoms with E-state index in [1.165, 1.54) is 57.9 Å². The molecular weight excluding hydrogens is 246 g/mol. The molecule has 3 fully saturated rings. The monoisotopic (exact) mass is 275 g/mol. The van der Waals surface area contributed by atoms with Crippen molar-refractivity contribution in [2.45, 2.75) is 57.4 Å². The summed E-state index contributed by atoms with van der Waals surface area (Å²) in [5, 5.41) is 12.8. The number of nitrogens with one attached hydrogen (secondary N) is 1. The molecule has 20 heavy (non-hydrogen) atoms. The van der Waals surface area contributed by atoms with Crippen LogP contribution in [0.2, 0.25) is 0 Å². The van der Waals surface area contributed by atoms with Gasteiger partial charge in [-0.2, -0.15) is 5.26 Å². The van der Waals surface area contributed by atoms with Gasteiger partial charge < -0.3 is 5.32 Å². The van der Waals surface area contributed by atoms with Crippen LogP contribution >= 0.6 is 0 Å². The van der Waals surface area contributed by atoms with E-state index in [0.29, 0.717) is 12.6 Å². The highest BCUT2D eigenvalue weighted by Crippen LogP contribution is 2.37. The van der Waals surface area contributed by atoms with Crippen molar-refractivity contribution in [1.82, 2.24) is 10.2 Å². The van der Waals surface area contributed by atoms with Crippen molar-refractivity contribution in [2.24, 2.45) is 17.8 Å². The molecular formula is C17H29N3.